The van der Waals surface area contributed by atoms with Crippen molar-refractivity contribution < 1.29 is 9.72 Å². The number of carbonyl (C=O) groups is 1. The van der Waals surface area contributed by atoms with E-state index in [4.69, 9.17) is 4.98 Å². The van der Waals surface area contributed by atoms with Gasteiger partial charge in [0.2, 0.25) is 5.95 Å². The normalized spacial score (nSPS) is 13.6. The molecule has 0 bridgehead atoms. The number of rotatable bonds is 5. The Morgan fingerprint density at radius 1 is 0.971 bits per heavy atom. The summed E-state index contributed by atoms with van der Waals surface area (Å²) in [5.74, 6) is 1.25. The highest BCUT2D eigenvalue weighted by Gasteiger charge is 2.20. The van der Waals surface area contributed by atoms with Gasteiger partial charge in [-0.3, -0.25) is 14.9 Å². The number of aromatic nitrogens is 3. The topological polar surface area (TPSA) is 117 Å². The molecule has 5 rings (SSSR count). The number of carbonyl (C=O) groups excluding carboxylic acids is 1. The largest absolute Gasteiger partial charge is 0.353 e. The number of anilines is 3. The van der Waals surface area contributed by atoms with E-state index in [1.807, 2.05) is 25.1 Å². The molecule has 10 nitrogen and oxygen atoms in total. The highest BCUT2D eigenvalue weighted by atomic mass is 16.6. The smallest absolute Gasteiger partial charge is 0.270 e. The van der Waals surface area contributed by atoms with Crippen LogP contribution in [0.15, 0.2) is 67.0 Å². The van der Waals surface area contributed by atoms with Crippen molar-refractivity contribution in [2.45, 2.75) is 6.92 Å². The van der Waals surface area contributed by atoms with Gasteiger partial charge in [-0.25, -0.2) is 15.0 Å². The second kappa shape index (κ2) is 9.34. The van der Waals surface area contributed by atoms with Crippen molar-refractivity contribution >= 4 is 40.0 Å². The molecule has 0 unspecified atom stereocenters. The summed E-state index contributed by atoms with van der Waals surface area (Å²) in [4.78, 5) is 41.1. The van der Waals surface area contributed by atoms with Gasteiger partial charge < -0.3 is 15.1 Å². The first-order chi connectivity index (χ1) is 17.0. The monoisotopic (exact) mass is 469 g/mol. The molecule has 1 aliphatic heterocycles. The molecule has 4 aromatic rings. The maximum Gasteiger partial charge on any atom is 0.270 e. The van der Waals surface area contributed by atoms with Crippen molar-refractivity contribution in [2.75, 3.05) is 41.3 Å². The summed E-state index contributed by atoms with van der Waals surface area (Å²) in [7, 11) is 0. The maximum atomic E-state index is 12.6. The summed E-state index contributed by atoms with van der Waals surface area (Å²) < 4.78 is 0. The highest BCUT2D eigenvalue weighted by Crippen LogP contribution is 2.27. The van der Waals surface area contributed by atoms with E-state index in [9.17, 15) is 14.9 Å². The number of amides is 1. The van der Waals surface area contributed by atoms with E-state index in [2.05, 4.69) is 31.2 Å². The van der Waals surface area contributed by atoms with Crippen LogP contribution in [0.1, 0.15) is 15.9 Å². The van der Waals surface area contributed by atoms with Crippen molar-refractivity contribution in [3.8, 4) is 0 Å². The minimum Gasteiger partial charge on any atom is -0.353 e. The fourth-order valence-corrected chi connectivity index (χ4v) is 4.17. The summed E-state index contributed by atoms with van der Waals surface area (Å²) in [6, 6.07) is 15.1. The van der Waals surface area contributed by atoms with Crippen LogP contribution in [0.5, 0.6) is 0 Å². The molecule has 3 heterocycles. The average molecular weight is 470 g/mol. The van der Waals surface area contributed by atoms with Crippen LogP contribution in [-0.2, 0) is 0 Å². The molecule has 1 fully saturated rings. The van der Waals surface area contributed by atoms with Crippen molar-refractivity contribution in [1.82, 2.24) is 15.0 Å². The molecule has 1 saturated heterocycles. The third kappa shape index (κ3) is 4.72. The van der Waals surface area contributed by atoms with Gasteiger partial charge in [-0.2, -0.15) is 0 Å². The summed E-state index contributed by atoms with van der Waals surface area (Å²) >= 11 is 0. The molecular formula is C25H23N7O3. The number of non-ortho nitro benzene ring substituents is 1. The Balaban J connectivity index is 1.31. The van der Waals surface area contributed by atoms with Crippen LogP contribution in [0.3, 0.4) is 0 Å². The van der Waals surface area contributed by atoms with Gasteiger partial charge in [-0.1, -0.05) is 6.07 Å². The van der Waals surface area contributed by atoms with Crippen molar-refractivity contribution in [3.05, 3.63) is 88.2 Å². The third-order valence-electron chi connectivity index (χ3n) is 6.02. The first kappa shape index (κ1) is 22.2. The first-order valence-corrected chi connectivity index (χ1v) is 11.2. The number of hydrogen-bond acceptors (Lipinski definition) is 8. The van der Waals surface area contributed by atoms with Crippen molar-refractivity contribution in [3.63, 3.8) is 0 Å². The Morgan fingerprint density at radius 2 is 1.71 bits per heavy atom. The summed E-state index contributed by atoms with van der Waals surface area (Å²) in [6.07, 6.45) is 3.51. The van der Waals surface area contributed by atoms with Gasteiger partial charge in [0.05, 0.1) is 10.4 Å². The lowest BCUT2D eigenvalue weighted by Gasteiger charge is -2.35. The average Bonchev–Trinajstić information content (AvgIpc) is 2.89. The second-order valence-corrected chi connectivity index (χ2v) is 8.31. The first-order valence-electron chi connectivity index (χ1n) is 11.2. The standard InChI is InChI=1S/C25H23N7O3/c1-17-14-23(30-10-12-31(13-11-30)25-26-8-3-9-27-25)29-22-7-6-19(16-21(17)22)28-24(33)18-4-2-5-20(15-18)32(34)35/h2-9,14-16H,10-13H2,1H3,(H,28,33). The molecule has 10 heteroatoms. The zero-order chi connectivity index (χ0) is 24.4. The number of aryl methyl sites for hydroxylation is 1. The number of nitrogens with zero attached hydrogens (tertiary/aromatic N) is 6. The Bertz CT molecular complexity index is 1400. The van der Waals surface area contributed by atoms with E-state index < -0.39 is 10.8 Å². The molecule has 0 spiro atoms. The fourth-order valence-electron chi connectivity index (χ4n) is 4.17. The van der Waals surface area contributed by atoms with Gasteiger partial charge >= 0.3 is 0 Å². The van der Waals surface area contributed by atoms with Gasteiger partial charge in [-0.05, 0) is 48.9 Å². The lowest BCUT2D eigenvalue weighted by molar-refractivity contribution is -0.384. The van der Waals surface area contributed by atoms with Crippen LogP contribution in [0, 0.1) is 17.0 Å². The van der Waals surface area contributed by atoms with E-state index in [1.54, 1.807) is 24.5 Å². The Morgan fingerprint density at radius 3 is 2.46 bits per heavy atom. The Hall–Kier alpha value is -4.60. The summed E-state index contributed by atoms with van der Waals surface area (Å²) in [5.41, 5.74) is 2.58. The molecular weight excluding hydrogens is 446 g/mol. The molecule has 0 atom stereocenters. The number of nitro groups is 1. The molecule has 176 valence electrons. The van der Waals surface area contributed by atoms with Crippen molar-refractivity contribution in [2.24, 2.45) is 0 Å². The quantitative estimate of drug-likeness (QED) is 0.346. The summed E-state index contributed by atoms with van der Waals surface area (Å²) in [6.45, 7) is 5.27. The number of benzene rings is 2. The van der Waals surface area contributed by atoms with Gasteiger partial charge in [0, 0.05) is 67.3 Å². The lowest BCUT2D eigenvalue weighted by atomic mass is 10.1. The molecule has 1 amide bonds. The van der Waals surface area contributed by atoms with Gasteiger partial charge in [-0.15, -0.1) is 0 Å². The van der Waals surface area contributed by atoms with Crippen LogP contribution in [0.2, 0.25) is 0 Å². The minimum atomic E-state index is -0.519. The number of nitro benzene ring substituents is 1. The maximum absolute atomic E-state index is 12.6. The fraction of sp³-hybridized carbons (Fsp3) is 0.200. The highest BCUT2D eigenvalue weighted by molar-refractivity contribution is 6.05. The predicted molar refractivity (Wildman–Crippen MR) is 134 cm³/mol. The second-order valence-electron chi connectivity index (χ2n) is 8.31. The van der Waals surface area contributed by atoms with Gasteiger partial charge in [0.1, 0.15) is 5.82 Å². The zero-order valence-corrected chi connectivity index (χ0v) is 19.1. The third-order valence-corrected chi connectivity index (χ3v) is 6.02. The molecule has 1 aliphatic rings. The van der Waals surface area contributed by atoms with Crippen LogP contribution >= 0.6 is 0 Å². The molecule has 2 aromatic heterocycles. The lowest BCUT2D eigenvalue weighted by Crippen LogP contribution is -2.47. The predicted octanol–water partition coefficient (Wildman–Crippen LogP) is 3.82. The van der Waals surface area contributed by atoms with E-state index in [0.717, 1.165) is 54.4 Å². The van der Waals surface area contributed by atoms with Crippen LogP contribution in [0.4, 0.5) is 23.1 Å². The van der Waals surface area contributed by atoms with Crippen LogP contribution < -0.4 is 15.1 Å². The number of fused-ring (bicyclic) bond motifs is 1. The summed E-state index contributed by atoms with van der Waals surface area (Å²) in [5, 5.41) is 14.8. The van der Waals surface area contributed by atoms with E-state index >= 15 is 0 Å². The van der Waals surface area contributed by atoms with Gasteiger partial charge in [0.25, 0.3) is 11.6 Å². The molecule has 0 aliphatic carbocycles. The molecule has 0 radical (unpaired) electrons. The van der Waals surface area contributed by atoms with Crippen LogP contribution in [0.25, 0.3) is 10.9 Å². The SMILES string of the molecule is Cc1cc(N2CCN(c3ncccn3)CC2)nc2ccc(NC(=O)c3cccc([N+](=O)[O-])c3)cc12. The van der Waals surface area contributed by atoms with E-state index in [-0.39, 0.29) is 11.3 Å². The Kier molecular flexibility index (Phi) is 5.92. The van der Waals surface area contributed by atoms with E-state index in [0.29, 0.717) is 5.69 Å². The molecule has 35 heavy (non-hydrogen) atoms. The zero-order valence-electron chi connectivity index (χ0n) is 19.1. The molecule has 0 saturated carbocycles. The number of piperazine rings is 1. The Labute approximate surface area is 201 Å². The number of hydrogen-bond donors (Lipinski definition) is 1. The number of nitrogens with one attached hydrogen (secondary N) is 1. The number of pyridine rings is 1. The van der Waals surface area contributed by atoms with Crippen molar-refractivity contribution in [1.29, 1.82) is 0 Å². The molecule has 2 aromatic carbocycles. The van der Waals surface area contributed by atoms with Gasteiger partial charge in [0.15, 0.2) is 0 Å². The van der Waals surface area contributed by atoms with E-state index in [1.165, 1.54) is 18.2 Å². The minimum absolute atomic E-state index is 0.124. The van der Waals surface area contributed by atoms with Crippen LogP contribution in [-0.4, -0.2) is 52.0 Å². The molecule has 1 N–H and O–H groups in total.